The fourth-order valence-electron chi connectivity index (χ4n) is 4.00. The van der Waals surface area contributed by atoms with Crippen LogP contribution in [0.4, 0.5) is 0 Å². The summed E-state index contributed by atoms with van der Waals surface area (Å²) < 4.78 is 6.04. The quantitative estimate of drug-likeness (QED) is 0.366. The van der Waals surface area contributed by atoms with Gasteiger partial charge in [0.1, 0.15) is 5.75 Å². The van der Waals surface area contributed by atoms with Crippen LogP contribution in [0.5, 0.6) is 5.75 Å². The Kier molecular flexibility index (Phi) is 3.53. The zero-order valence-electron chi connectivity index (χ0n) is 14.7. The number of hydrogen-bond donors (Lipinski definition) is 0. The molecule has 1 nitrogen and oxygen atoms in total. The van der Waals surface area contributed by atoms with Gasteiger partial charge in [0.2, 0.25) is 0 Å². The molecule has 0 atom stereocenters. The Bertz CT molecular complexity index is 1120. The average molecular weight is 335 g/mol. The Morgan fingerprint density at radius 2 is 1.46 bits per heavy atom. The number of fused-ring (bicyclic) bond motifs is 4. The summed E-state index contributed by atoms with van der Waals surface area (Å²) in [6.07, 6.45) is 2.30. The molecule has 5 rings (SSSR count). The van der Waals surface area contributed by atoms with Gasteiger partial charge < -0.3 is 4.74 Å². The molecule has 1 heteroatoms. The van der Waals surface area contributed by atoms with Gasteiger partial charge in [0.05, 0.1) is 6.61 Å². The highest BCUT2D eigenvalue weighted by atomic mass is 16.5. The maximum atomic E-state index is 6.04. The van der Waals surface area contributed by atoms with Gasteiger partial charge in [-0.15, -0.1) is 0 Å². The van der Waals surface area contributed by atoms with Crippen LogP contribution in [0.25, 0.3) is 33.0 Å². The predicted molar refractivity (Wildman–Crippen MR) is 108 cm³/mol. The van der Waals surface area contributed by atoms with E-state index in [1.54, 1.807) is 0 Å². The van der Waals surface area contributed by atoms with Gasteiger partial charge in [-0.25, -0.2) is 0 Å². The molecule has 0 N–H and O–H groups in total. The maximum Gasteiger partial charge on any atom is 0.127 e. The van der Waals surface area contributed by atoms with E-state index in [0.717, 1.165) is 5.75 Å². The summed E-state index contributed by atoms with van der Waals surface area (Å²) in [4.78, 5) is 0. The first-order valence-electron chi connectivity index (χ1n) is 9.09. The van der Waals surface area contributed by atoms with E-state index < -0.39 is 0 Å². The second kappa shape index (κ2) is 6.03. The van der Waals surface area contributed by atoms with E-state index in [4.69, 9.17) is 4.74 Å². The highest BCUT2D eigenvalue weighted by molar-refractivity contribution is 6.02. The lowest BCUT2D eigenvalue weighted by molar-refractivity contribution is 0.341. The molecule has 0 spiro atoms. The fourth-order valence-corrected chi connectivity index (χ4v) is 4.00. The van der Waals surface area contributed by atoms with Gasteiger partial charge in [-0.2, -0.15) is 0 Å². The zero-order valence-corrected chi connectivity index (χ0v) is 14.7. The first-order chi connectivity index (χ1) is 12.9. The third-order valence-corrected chi connectivity index (χ3v) is 5.12. The van der Waals surface area contributed by atoms with Crippen LogP contribution in [0.15, 0.2) is 78.9 Å². The minimum absolute atomic E-state index is 0.656. The number of benzene rings is 4. The van der Waals surface area contributed by atoms with Crippen LogP contribution >= 0.6 is 0 Å². The van der Waals surface area contributed by atoms with E-state index >= 15 is 0 Å². The van der Waals surface area contributed by atoms with Crippen LogP contribution in [0.1, 0.15) is 18.1 Å². The largest absolute Gasteiger partial charge is 0.493 e. The lowest BCUT2D eigenvalue weighted by atomic mass is 9.91. The van der Waals surface area contributed by atoms with Gasteiger partial charge in [0, 0.05) is 12.0 Å². The molecule has 0 aromatic heterocycles. The van der Waals surface area contributed by atoms with Gasteiger partial charge in [-0.05, 0) is 51.6 Å². The molecule has 1 aliphatic rings. The lowest BCUT2D eigenvalue weighted by Gasteiger charge is -2.17. The van der Waals surface area contributed by atoms with Crippen molar-refractivity contribution in [2.45, 2.75) is 6.92 Å². The fraction of sp³-hybridized carbons (Fsp3) is 0.0800. The minimum atomic E-state index is 0.656. The molecule has 1 aliphatic carbocycles. The van der Waals surface area contributed by atoms with Crippen molar-refractivity contribution in [1.29, 1.82) is 0 Å². The Balaban J connectivity index is 1.83. The highest BCUT2D eigenvalue weighted by Crippen LogP contribution is 2.47. The summed E-state index contributed by atoms with van der Waals surface area (Å²) >= 11 is 0. The maximum absolute atomic E-state index is 6.04. The molecule has 1 radical (unpaired) electrons. The molecule has 125 valence electrons. The van der Waals surface area contributed by atoms with Gasteiger partial charge >= 0.3 is 0 Å². The van der Waals surface area contributed by atoms with Crippen molar-refractivity contribution in [3.05, 3.63) is 96.4 Å². The van der Waals surface area contributed by atoms with Gasteiger partial charge in [-0.3, -0.25) is 0 Å². The first kappa shape index (κ1) is 15.2. The molecule has 0 bridgehead atoms. The van der Waals surface area contributed by atoms with E-state index in [9.17, 15) is 0 Å². The molecule has 26 heavy (non-hydrogen) atoms. The molecule has 0 unspecified atom stereocenters. The van der Waals surface area contributed by atoms with Crippen molar-refractivity contribution in [2.24, 2.45) is 0 Å². The average Bonchev–Trinajstić information content (AvgIpc) is 3.06. The molecule has 4 aromatic rings. The third kappa shape index (κ3) is 2.24. The number of ether oxygens (including phenoxy) is 1. The van der Waals surface area contributed by atoms with Gasteiger partial charge in [-0.1, -0.05) is 72.8 Å². The molecule has 0 saturated carbocycles. The standard InChI is InChI=1S/C25H19O/c1-2-26-24-15-14-21-20-12-6-4-9-18(20)16-23(21)25(24)22-13-7-10-17-8-3-5-11-19(17)22/h3-16H,2H2,1H3. The summed E-state index contributed by atoms with van der Waals surface area (Å²) in [6.45, 7) is 2.70. The first-order valence-corrected chi connectivity index (χ1v) is 9.09. The zero-order chi connectivity index (χ0) is 17.5. The second-order valence-corrected chi connectivity index (χ2v) is 6.59. The molecule has 0 fully saturated rings. The van der Waals surface area contributed by atoms with Gasteiger partial charge in [0.15, 0.2) is 0 Å². The topological polar surface area (TPSA) is 9.23 Å². The van der Waals surface area contributed by atoms with Crippen LogP contribution in [0.2, 0.25) is 0 Å². The summed E-state index contributed by atoms with van der Waals surface area (Å²) in [5, 5.41) is 2.51. The molecule has 4 aromatic carbocycles. The van der Waals surface area contributed by atoms with Crippen molar-refractivity contribution in [3.8, 4) is 28.0 Å². The Labute approximate surface area is 153 Å². The van der Waals surface area contributed by atoms with E-state index in [1.165, 1.54) is 44.2 Å². The summed E-state index contributed by atoms with van der Waals surface area (Å²) in [5.41, 5.74) is 7.54. The van der Waals surface area contributed by atoms with Crippen LogP contribution < -0.4 is 4.74 Å². The Morgan fingerprint density at radius 1 is 0.692 bits per heavy atom. The summed E-state index contributed by atoms with van der Waals surface area (Å²) in [7, 11) is 0. The Hall–Kier alpha value is -3.06. The van der Waals surface area contributed by atoms with E-state index in [-0.39, 0.29) is 0 Å². The van der Waals surface area contributed by atoms with Crippen LogP contribution in [-0.4, -0.2) is 6.61 Å². The number of rotatable bonds is 3. The second-order valence-electron chi connectivity index (χ2n) is 6.59. The van der Waals surface area contributed by atoms with Crippen molar-refractivity contribution in [2.75, 3.05) is 6.61 Å². The van der Waals surface area contributed by atoms with Crippen LogP contribution in [0, 0.1) is 6.42 Å². The third-order valence-electron chi connectivity index (χ3n) is 5.12. The van der Waals surface area contributed by atoms with Crippen molar-refractivity contribution in [3.63, 3.8) is 0 Å². The van der Waals surface area contributed by atoms with E-state index in [2.05, 4.69) is 85.3 Å². The normalized spacial score (nSPS) is 12.0. The van der Waals surface area contributed by atoms with E-state index in [1.807, 2.05) is 6.92 Å². The monoisotopic (exact) mass is 335 g/mol. The molecular formula is C25H19O. The molecule has 0 heterocycles. The van der Waals surface area contributed by atoms with Crippen molar-refractivity contribution >= 4 is 10.8 Å². The lowest BCUT2D eigenvalue weighted by Crippen LogP contribution is -1.97. The highest BCUT2D eigenvalue weighted by Gasteiger charge is 2.25. The number of hydrogen-bond acceptors (Lipinski definition) is 1. The molecule has 0 aliphatic heterocycles. The summed E-state index contributed by atoms with van der Waals surface area (Å²) in [6, 6.07) is 28.0. The SMILES string of the molecule is CCOc1ccc2c(c1-c1cccc3ccccc13)[CH]c1ccccc1-2. The smallest absolute Gasteiger partial charge is 0.127 e. The predicted octanol–water partition coefficient (Wildman–Crippen LogP) is 6.49. The van der Waals surface area contributed by atoms with Crippen LogP contribution in [-0.2, 0) is 0 Å². The van der Waals surface area contributed by atoms with Crippen LogP contribution in [0.3, 0.4) is 0 Å². The molecular weight excluding hydrogens is 316 g/mol. The molecule has 0 saturated heterocycles. The minimum Gasteiger partial charge on any atom is -0.493 e. The Morgan fingerprint density at radius 3 is 2.38 bits per heavy atom. The van der Waals surface area contributed by atoms with E-state index in [0.29, 0.717) is 6.61 Å². The summed E-state index contributed by atoms with van der Waals surface area (Å²) in [5.74, 6) is 0.951. The molecule has 0 amide bonds. The van der Waals surface area contributed by atoms with Crippen molar-refractivity contribution in [1.82, 2.24) is 0 Å². The van der Waals surface area contributed by atoms with Crippen molar-refractivity contribution < 1.29 is 4.74 Å². The van der Waals surface area contributed by atoms with Gasteiger partial charge in [0.25, 0.3) is 0 Å².